The molecule has 0 amide bonds. The van der Waals surface area contributed by atoms with Crippen molar-refractivity contribution in [3.63, 3.8) is 0 Å². The monoisotopic (exact) mass is 287 g/mol. The molecule has 0 aliphatic heterocycles. The van der Waals surface area contributed by atoms with Crippen LogP contribution in [0, 0.1) is 16.7 Å². The van der Waals surface area contributed by atoms with Gasteiger partial charge in [0.2, 0.25) is 0 Å². The first-order valence-electron chi connectivity index (χ1n) is 6.70. The SMILES string of the molecule is C[Si](C)(C)C1=C2CCCC2(C#N)C(=O)c2sccc21. The average molecular weight is 287 g/mol. The van der Waals surface area contributed by atoms with Crippen molar-refractivity contribution >= 4 is 30.4 Å². The molecule has 1 aromatic rings. The lowest BCUT2D eigenvalue weighted by molar-refractivity contribution is 0.0898. The Morgan fingerprint density at radius 3 is 2.79 bits per heavy atom. The van der Waals surface area contributed by atoms with Gasteiger partial charge in [-0.3, -0.25) is 4.79 Å². The summed E-state index contributed by atoms with van der Waals surface area (Å²) < 4.78 is 0. The Kier molecular flexibility index (Phi) is 2.64. The summed E-state index contributed by atoms with van der Waals surface area (Å²) in [6.07, 6.45) is 2.61. The Morgan fingerprint density at radius 2 is 2.16 bits per heavy atom. The zero-order valence-corrected chi connectivity index (χ0v) is 13.4. The summed E-state index contributed by atoms with van der Waals surface area (Å²) in [4.78, 5) is 13.6. The number of carbonyl (C=O) groups is 1. The van der Waals surface area contributed by atoms with Gasteiger partial charge in [-0.2, -0.15) is 5.26 Å². The molecule has 2 aliphatic rings. The van der Waals surface area contributed by atoms with Crippen LogP contribution in [0.4, 0.5) is 0 Å². The van der Waals surface area contributed by atoms with Crippen LogP contribution < -0.4 is 0 Å². The fourth-order valence-corrected chi connectivity index (χ4v) is 6.82. The van der Waals surface area contributed by atoms with E-state index in [4.69, 9.17) is 0 Å². The van der Waals surface area contributed by atoms with Crippen LogP contribution in [0.5, 0.6) is 0 Å². The van der Waals surface area contributed by atoms with Gasteiger partial charge < -0.3 is 0 Å². The third-order valence-corrected chi connectivity index (χ3v) is 7.25. The van der Waals surface area contributed by atoms with E-state index in [1.54, 1.807) is 0 Å². The van der Waals surface area contributed by atoms with Crippen LogP contribution >= 0.6 is 11.3 Å². The van der Waals surface area contributed by atoms with Crippen molar-refractivity contribution in [2.45, 2.75) is 38.9 Å². The molecule has 0 spiro atoms. The predicted molar refractivity (Wildman–Crippen MR) is 80.8 cm³/mol. The molecule has 1 heterocycles. The van der Waals surface area contributed by atoms with Crippen LogP contribution in [0.15, 0.2) is 17.0 Å². The second-order valence-corrected chi connectivity index (χ2v) is 12.4. The maximum Gasteiger partial charge on any atom is 0.197 e. The fourth-order valence-electron chi connectivity index (χ4n) is 3.55. The van der Waals surface area contributed by atoms with E-state index < -0.39 is 13.5 Å². The second-order valence-electron chi connectivity index (χ2n) is 6.47. The van der Waals surface area contributed by atoms with Crippen LogP contribution in [-0.4, -0.2) is 13.9 Å². The van der Waals surface area contributed by atoms with Crippen LogP contribution in [0.25, 0.3) is 5.20 Å². The number of allylic oxidation sites excluding steroid dienone is 1. The summed E-state index contributed by atoms with van der Waals surface area (Å²) in [6.45, 7) is 6.94. The molecule has 0 radical (unpaired) electrons. The maximum atomic E-state index is 12.8. The molecule has 4 heteroatoms. The van der Waals surface area contributed by atoms with Crippen molar-refractivity contribution in [1.29, 1.82) is 5.26 Å². The van der Waals surface area contributed by atoms with Gasteiger partial charge in [0.05, 0.1) is 19.0 Å². The summed E-state index contributed by atoms with van der Waals surface area (Å²) in [5, 5.41) is 13.1. The van der Waals surface area contributed by atoms with Gasteiger partial charge in [-0.25, -0.2) is 0 Å². The van der Waals surface area contributed by atoms with E-state index in [0.717, 1.165) is 28.9 Å². The molecule has 1 unspecified atom stereocenters. The average Bonchev–Trinajstić information content (AvgIpc) is 2.94. The molecule has 1 aromatic heterocycles. The minimum absolute atomic E-state index is 0.0644. The quantitative estimate of drug-likeness (QED) is 0.724. The summed E-state index contributed by atoms with van der Waals surface area (Å²) in [5.41, 5.74) is 1.47. The molecule has 2 nitrogen and oxygen atoms in total. The molecular formula is C15H17NOSSi. The highest BCUT2D eigenvalue weighted by molar-refractivity contribution is 7.13. The molecule has 0 aromatic carbocycles. The molecule has 2 aliphatic carbocycles. The Hall–Kier alpha value is -1.18. The first-order valence-corrected chi connectivity index (χ1v) is 11.1. The molecule has 98 valence electrons. The summed E-state index contributed by atoms with van der Waals surface area (Å²) >= 11 is 1.50. The number of ketones is 1. The lowest BCUT2D eigenvalue weighted by Crippen LogP contribution is -2.37. The summed E-state index contributed by atoms with van der Waals surface area (Å²) in [5.74, 6) is 0.0644. The maximum absolute atomic E-state index is 12.8. The van der Waals surface area contributed by atoms with Crippen LogP contribution in [0.1, 0.15) is 34.5 Å². The van der Waals surface area contributed by atoms with E-state index in [1.807, 2.05) is 5.38 Å². The van der Waals surface area contributed by atoms with Crippen LogP contribution in [-0.2, 0) is 0 Å². The van der Waals surface area contributed by atoms with Crippen LogP contribution in [0.2, 0.25) is 19.6 Å². The summed E-state index contributed by atoms with van der Waals surface area (Å²) in [6, 6.07) is 4.46. The van der Waals surface area contributed by atoms with E-state index in [1.165, 1.54) is 16.5 Å². The van der Waals surface area contributed by atoms with E-state index in [9.17, 15) is 10.1 Å². The number of thiophene rings is 1. The Balaban J connectivity index is 2.39. The molecule has 0 N–H and O–H groups in total. The lowest BCUT2D eigenvalue weighted by Gasteiger charge is -2.34. The van der Waals surface area contributed by atoms with Crippen molar-refractivity contribution < 1.29 is 4.79 Å². The van der Waals surface area contributed by atoms with Gasteiger partial charge in [0.1, 0.15) is 5.41 Å². The minimum atomic E-state index is -1.57. The third-order valence-electron chi connectivity index (χ3n) is 4.26. The van der Waals surface area contributed by atoms with Gasteiger partial charge in [0.15, 0.2) is 5.78 Å². The first kappa shape index (κ1) is 12.8. The predicted octanol–water partition coefficient (Wildman–Crippen LogP) is 4.27. The number of rotatable bonds is 1. The van der Waals surface area contributed by atoms with E-state index in [2.05, 4.69) is 31.8 Å². The number of hydrogen-bond donors (Lipinski definition) is 0. The molecule has 1 saturated carbocycles. The number of Topliss-reactive ketones (excluding diaryl/α,β-unsaturated/α-hetero) is 1. The van der Waals surface area contributed by atoms with Crippen molar-refractivity contribution in [3.05, 3.63) is 27.5 Å². The smallest absolute Gasteiger partial charge is 0.197 e. The number of carbonyl (C=O) groups excluding carboxylic acids is 1. The van der Waals surface area contributed by atoms with Crippen molar-refractivity contribution in [3.8, 4) is 6.07 Å². The van der Waals surface area contributed by atoms with Crippen molar-refractivity contribution in [2.75, 3.05) is 0 Å². The molecule has 0 saturated heterocycles. The molecular weight excluding hydrogens is 270 g/mol. The molecule has 3 rings (SSSR count). The number of fused-ring (bicyclic) bond motifs is 2. The molecule has 1 fully saturated rings. The van der Waals surface area contributed by atoms with Gasteiger partial charge in [0.25, 0.3) is 0 Å². The first-order chi connectivity index (χ1) is 8.92. The van der Waals surface area contributed by atoms with Gasteiger partial charge in [-0.05, 0) is 41.8 Å². The highest BCUT2D eigenvalue weighted by Crippen LogP contribution is 2.54. The summed E-state index contributed by atoms with van der Waals surface area (Å²) in [7, 11) is -1.57. The van der Waals surface area contributed by atoms with E-state index in [-0.39, 0.29) is 5.78 Å². The Bertz CT molecular complexity index is 644. The zero-order chi connectivity index (χ0) is 13.8. The highest BCUT2D eigenvalue weighted by atomic mass is 32.1. The molecule has 0 bridgehead atoms. The van der Waals surface area contributed by atoms with Gasteiger partial charge in [-0.15, -0.1) is 11.3 Å². The van der Waals surface area contributed by atoms with Gasteiger partial charge in [-0.1, -0.05) is 24.8 Å². The topological polar surface area (TPSA) is 40.9 Å². The highest BCUT2D eigenvalue weighted by Gasteiger charge is 2.52. The fraction of sp³-hybridized carbons (Fsp3) is 0.467. The molecule has 1 atom stereocenters. The van der Waals surface area contributed by atoms with Crippen molar-refractivity contribution in [1.82, 2.24) is 0 Å². The standard InChI is InChI=1S/C15H17NOSSi/c1-19(2,3)13-10-6-8-18-12(10)14(17)15(9-16)7-4-5-11(13)15/h6,8H,4-5,7H2,1-3H3. The minimum Gasteiger partial charge on any atom is -0.291 e. The van der Waals surface area contributed by atoms with Gasteiger partial charge in [0, 0.05) is 0 Å². The van der Waals surface area contributed by atoms with E-state index in [0.29, 0.717) is 6.42 Å². The number of hydrogen-bond acceptors (Lipinski definition) is 3. The largest absolute Gasteiger partial charge is 0.291 e. The lowest BCUT2D eigenvalue weighted by atomic mass is 9.74. The van der Waals surface area contributed by atoms with E-state index >= 15 is 0 Å². The third kappa shape index (κ3) is 1.55. The number of nitriles is 1. The molecule has 19 heavy (non-hydrogen) atoms. The Labute approximate surface area is 118 Å². The zero-order valence-electron chi connectivity index (χ0n) is 11.5. The number of nitrogens with zero attached hydrogens (tertiary/aromatic N) is 1. The van der Waals surface area contributed by atoms with Gasteiger partial charge >= 0.3 is 0 Å². The second kappa shape index (κ2) is 3.91. The normalized spacial score (nSPS) is 26.1. The van der Waals surface area contributed by atoms with Crippen molar-refractivity contribution in [2.24, 2.45) is 5.41 Å². The Morgan fingerprint density at radius 1 is 1.42 bits per heavy atom. The van der Waals surface area contributed by atoms with Crippen LogP contribution in [0.3, 0.4) is 0 Å².